The smallest absolute Gasteiger partial charge is 0.248 e. The highest BCUT2D eigenvalue weighted by Crippen LogP contribution is 2.65. The van der Waals surface area contributed by atoms with E-state index in [-0.39, 0.29) is 42.8 Å². The number of aliphatic hydroxyl groups is 1. The zero-order valence-electron chi connectivity index (χ0n) is 23.4. The predicted octanol–water partition coefficient (Wildman–Crippen LogP) is 3.01. The van der Waals surface area contributed by atoms with Crippen LogP contribution in [0.2, 0.25) is 0 Å². The van der Waals surface area contributed by atoms with Gasteiger partial charge in [-0.25, -0.2) is 0 Å². The molecule has 3 amide bonds. The Morgan fingerprint density at radius 1 is 1.22 bits per heavy atom. The third-order valence-corrected chi connectivity index (χ3v) is 8.87. The third kappa shape index (κ3) is 4.76. The average Bonchev–Trinajstić information content (AvgIpc) is 3.37. The SMILES string of the molecule is C=CCN(CCC)C(=O)[C@@H]1[C@H]2C(=O)N(CCCO)C(C(=O)N(CC=C)C(C)CCC)C23CC(C)[C@@]1(C)O3. The Kier molecular flexibility index (Phi) is 9.27. The van der Waals surface area contributed by atoms with Crippen LogP contribution in [-0.2, 0) is 19.1 Å². The van der Waals surface area contributed by atoms with Crippen molar-refractivity contribution in [2.24, 2.45) is 17.8 Å². The van der Waals surface area contributed by atoms with Gasteiger partial charge in [-0.15, -0.1) is 13.2 Å². The highest BCUT2D eigenvalue weighted by Gasteiger charge is 2.80. The topological polar surface area (TPSA) is 90.4 Å². The number of hydrogen-bond donors (Lipinski definition) is 1. The van der Waals surface area contributed by atoms with Gasteiger partial charge in [-0.2, -0.15) is 0 Å². The average molecular weight is 518 g/mol. The molecule has 3 heterocycles. The maximum absolute atomic E-state index is 14.4. The van der Waals surface area contributed by atoms with Gasteiger partial charge >= 0.3 is 0 Å². The van der Waals surface area contributed by atoms with E-state index < -0.39 is 29.1 Å². The van der Waals surface area contributed by atoms with Crippen molar-refractivity contribution >= 4 is 17.7 Å². The van der Waals surface area contributed by atoms with Crippen LogP contribution < -0.4 is 0 Å². The van der Waals surface area contributed by atoms with Crippen molar-refractivity contribution in [2.45, 2.75) is 90.0 Å². The molecule has 37 heavy (non-hydrogen) atoms. The molecule has 3 aliphatic heterocycles. The summed E-state index contributed by atoms with van der Waals surface area (Å²) in [6, 6.07) is -0.866. The summed E-state index contributed by atoms with van der Waals surface area (Å²) in [5.74, 6) is -1.89. The van der Waals surface area contributed by atoms with Gasteiger partial charge in [0.05, 0.1) is 17.4 Å². The molecular formula is C29H47N3O5. The predicted molar refractivity (Wildman–Crippen MR) is 144 cm³/mol. The minimum Gasteiger partial charge on any atom is -0.396 e. The molecule has 0 aromatic heterocycles. The van der Waals surface area contributed by atoms with Crippen molar-refractivity contribution in [2.75, 3.05) is 32.8 Å². The summed E-state index contributed by atoms with van der Waals surface area (Å²) in [7, 11) is 0. The molecule has 208 valence electrons. The molecule has 1 spiro atoms. The van der Waals surface area contributed by atoms with E-state index in [1.807, 2.05) is 20.8 Å². The number of hydrogen-bond acceptors (Lipinski definition) is 5. The summed E-state index contributed by atoms with van der Waals surface area (Å²) in [4.78, 5) is 47.7. The van der Waals surface area contributed by atoms with Crippen molar-refractivity contribution in [3.05, 3.63) is 25.3 Å². The number of likely N-dealkylation sites (tertiary alicyclic amines) is 1. The number of carbonyl (C=O) groups is 3. The molecule has 2 bridgehead atoms. The van der Waals surface area contributed by atoms with Gasteiger partial charge < -0.3 is 24.5 Å². The Hall–Kier alpha value is -2.19. The molecule has 8 nitrogen and oxygen atoms in total. The van der Waals surface area contributed by atoms with Crippen molar-refractivity contribution < 1.29 is 24.2 Å². The molecule has 0 aromatic rings. The van der Waals surface area contributed by atoms with Gasteiger partial charge in [-0.1, -0.05) is 39.3 Å². The van der Waals surface area contributed by atoms with Crippen LogP contribution in [-0.4, -0.2) is 93.6 Å². The van der Waals surface area contributed by atoms with E-state index in [2.05, 4.69) is 27.0 Å². The molecule has 0 aliphatic carbocycles. The van der Waals surface area contributed by atoms with E-state index in [0.29, 0.717) is 32.5 Å². The van der Waals surface area contributed by atoms with Crippen LogP contribution in [0.1, 0.15) is 66.7 Å². The Labute approximate surface area is 222 Å². The summed E-state index contributed by atoms with van der Waals surface area (Å²) in [5.41, 5.74) is -1.92. The standard InChI is InChI=1S/C29H47N3O5/c1-8-13-21(6)31(16-11-4)27(36)24-29-19-20(5)28(7,37-29)22(25(34)30(14-9-2)15-10-3)23(29)26(35)32(24)17-12-18-33/h9,11,20-24,33H,2,4,8,10,12-19H2,1,3,5-7H3/t20?,21?,22-,23-,24?,28+,29?/m0/s1. The maximum Gasteiger partial charge on any atom is 0.248 e. The zero-order chi connectivity index (χ0) is 27.5. The van der Waals surface area contributed by atoms with Gasteiger partial charge in [0.15, 0.2) is 0 Å². The normalized spacial score (nSPS) is 32.8. The number of ether oxygens (including phenoxy) is 1. The number of rotatable bonds is 14. The fourth-order valence-corrected chi connectivity index (χ4v) is 7.15. The summed E-state index contributed by atoms with van der Waals surface area (Å²) in [6.07, 6.45) is 6.86. The molecule has 1 N–H and O–H groups in total. The fourth-order valence-electron chi connectivity index (χ4n) is 7.15. The summed E-state index contributed by atoms with van der Waals surface area (Å²) < 4.78 is 6.83. The summed E-state index contributed by atoms with van der Waals surface area (Å²) in [6.45, 7) is 19.3. The second-order valence-corrected chi connectivity index (χ2v) is 11.3. The summed E-state index contributed by atoms with van der Waals surface area (Å²) in [5, 5.41) is 9.59. The summed E-state index contributed by atoms with van der Waals surface area (Å²) >= 11 is 0. The van der Waals surface area contributed by atoms with Gasteiger partial charge in [0.25, 0.3) is 0 Å². The van der Waals surface area contributed by atoms with Crippen LogP contribution >= 0.6 is 0 Å². The highest BCUT2D eigenvalue weighted by molar-refractivity contribution is 5.99. The van der Waals surface area contributed by atoms with E-state index in [1.54, 1.807) is 26.9 Å². The first-order chi connectivity index (χ1) is 17.6. The van der Waals surface area contributed by atoms with Crippen LogP contribution in [0.5, 0.6) is 0 Å². The van der Waals surface area contributed by atoms with Gasteiger partial charge in [0.2, 0.25) is 17.7 Å². The van der Waals surface area contributed by atoms with E-state index in [9.17, 15) is 19.5 Å². The lowest BCUT2D eigenvalue weighted by atomic mass is 9.62. The molecule has 0 aromatic carbocycles. The number of aliphatic hydroxyl groups excluding tert-OH is 1. The first-order valence-electron chi connectivity index (χ1n) is 14.0. The maximum atomic E-state index is 14.4. The number of nitrogens with zero attached hydrogens (tertiary/aromatic N) is 3. The minimum absolute atomic E-state index is 0.00767. The van der Waals surface area contributed by atoms with Crippen molar-refractivity contribution in [1.29, 1.82) is 0 Å². The van der Waals surface area contributed by atoms with Crippen LogP contribution in [0.4, 0.5) is 0 Å². The van der Waals surface area contributed by atoms with Crippen LogP contribution in [0, 0.1) is 17.8 Å². The molecule has 0 radical (unpaired) electrons. The minimum atomic E-state index is -1.07. The Bertz CT molecular complexity index is 893. The Balaban J connectivity index is 2.12. The van der Waals surface area contributed by atoms with E-state index in [1.165, 1.54) is 0 Å². The molecule has 4 unspecified atom stereocenters. The Morgan fingerprint density at radius 3 is 2.46 bits per heavy atom. The molecule has 3 saturated heterocycles. The lowest BCUT2D eigenvalue weighted by molar-refractivity contribution is -0.155. The zero-order valence-corrected chi connectivity index (χ0v) is 23.4. The molecular weight excluding hydrogens is 470 g/mol. The second kappa shape index (κ2) is 11.7. The lowest BCUT2D eigenvalue weighted by Gasteiger charge is -2.39. The first-order valence-corrected chi connectivity index (χ1v) is 14.0. The molecule has 3 fully saturated rings. The highest BCUT2D eigenvalue weighted by atomic mass is 16.5. The Morgan fingerprint density at radius 2 is 1.89 bits per heavy atom. The first kappa shape index (κ1) is 29.4. The molecule has 3 aliphatic rings. The third-order valence-electron chi connectivity index (χ3n) is 8.87. The monoisotopic (exact) mass is 517 g/mol. The van der Waals surface area contributed by atoms with Gasteiger partial charge in [-0.3, -0.25) is 14.4 Å². The second-order valence-electron chi connectivity index (χ2n) is 11.3. The molecule has 3 rings (SSSR count). The molecule has 8 heteroatoms. The van der Waals surface area contributed by atoms with Crippen molar-refractivity contribution in [3.63, 3.8) is 0 Å². The van der Waals surface area contributed by atoms with Crippen LogP contribution in [0.3, 0.4) is 0 Å². The lowest BCUT2D eigenvalue weighted by Crippen LogP contribution is -2.58. The number of fused-ring (bicyclic) bond motifs is 1. The molecule has 7 atom stereocenters. The van der Waals surface area contributed by atoms with E-state index in [0.717, 1.165) is 19.3 Å². The van der Waals surface area contributed by atoms with Gasteiger partial charge in [0.1, 0.15) is 11.6 Å². The number of amides is 3. The fraction of sp³-hybridized carbons (Fsp3) is 0.759. The van der Waals surface area contributed by atoms with Crippen molar-refractivity contribution in [1.82, 2.24) is 14.7 Å². The van der Waals surface area contributed by atoms with Crippen LogP contribution in [0.25, 0.3) is 0 Å². The van der Waals surface area contributed by atoms with Gasteiger partial charge in [0, 0.05) is 38.8 Å². The van der Waals surface area contributed by atoms with E-state index >= 15 is 0 Å². The van der Waals surface area contributed by atoms with Crippen LogP contribution in [0.15, 0.2) is 25.3 Å². The quantitative estimate of drug-likeness (QED) is 0.358. The van der Waals surface area contributed by atoms with Gasteiger partial charge in [-0.05, 0) is 45.4 Å². The van der Waals surface area contributed by atoms with Crippen molar-refractivity contribution in [3.8, 4) is 0 Å². The molecule has 0 saturated carbocycles. The number of carbonyl (C=O) groups excluding carboxylic acids is 3. The van der Waals surface area contributed by atoms with E-state index in [4.69, 9.17) is 4.74 Å². The largest absolute Gasteiger partial charge is 0.396 e.